The molecule has 17 heavy (non-hydrogen) atoms. The lowest BCUT2D eigenvalue weighted by Crippen LogP contribution is -2.34. The van der Waals surface area contributed by atoms with Crippen molar-refractivity contribution in [3.05, 3.63) is 0 Å². The van der Waals surface area contributed by atoms with Gasteiger partial charge in [-0.05, 0) is 13.5 Å². The minimum absolute atomic E-state index is 0.0603. The number of rotatable bonds is 9. The van der Waals surface area contributed by atoms with Gasteiger partial charge in [-0.25, -0.2) is 0 Å². The third-order valence-electron chi connectivity index (χ3n) is 2.31. The van der Waals surface area contributed by atoms with Crippen LogP contribution in [0, 0.1) is 0 Å². The van der Waals surface area contributed by atoms with Gasteiger partial charge in [-0.3, -0.25) is 9.59 Å². The Morgan fingerprint density at radius 2 is 1.65 bits per heavy atom. The summed E-state index contributed by atoms with van der Waals surface area (Å²) < 4.78 is 0. The number of nitrogens with two attached hydrogens (primary N) is 1. The summed E-state index contributed by atoms with van der Waals surface area (Å²) in [7, 11) is 1.89. The van der Waals surface area contributed by atoms with Gasteiger partial charge in [0.05, 0.1) is 6.67 Å². The molecule has 0 aliphatic rings. The van der Waals surface area contributed by atoms with Crippen LogP contribution in [0.1, 0.15) is 26.2 Å². The molecule has 0 heterocycles. The van der Waals surface area contributed by atoms with Crippen LogP contribution in [0.15, 0.2) is 0 Å². The van der Waals surface area contributed by atoms with Crippen molar-refractivity contribution in [2.75, 3.05) is 33.4 Å². The molecule has 0 aliphatic heterocycles. The average Bonchev–Trinajstić information content (AvgIpc) is 2.31. The van der Waals surface area contributed by atoms with E-state index in [2.05, 4.69) is 10.6 Å². The Morgan fingerprint density at radius 3 is 2.12 bits per heavy atom. The Hall–Kier alpha value is -1.14. The summed E-state index contributed by atoms with van der Waals surface area (Å²) in [6, 6.07) is 0. The second kappa shape index (κ2) is 10.0. The van der Waals surface area contributed by atoms with Crippen LogP contribution in [-0.4, -0.2) is 50.1 Å². The second-order valence-corrected chi connectivity index (χ2v) is 3.96. The van der Waals surface area contributed by atoms with E-state index in [1.165, 1.54) is 0 Å². The summed E-state index contributed by atoms with van der Waals surface area (Å²) in [6.07, 6.45) is 1.82. The van der Waals surface area contributed by atoms with Gasteiger partial charge in [-0.15, -0.1) is 0 Å². The number of nitrogens with zero attached hydrogens (tertiary/aromatic N) is 1. The molecule has 6 nitrogen and oxygen atoms in total. The van der Waals surface area contributed by atoms with Crippen LogP contribution >= 0.6 is 0 Å². The molecule has 0 unspecified atom stereocenters. The molecule has 0 aromatic rings. The Morgan fingerprint density at radius 1 is 1.12 bits per heavy atom. The van der Waals surface area contributed by atoms with Crippen molar-refractivity contribution in [3.63, 3.8) is 0 Å². The SMILES string of the molecule is CCCNC(=O)CCN(C)CCC(=O)NCN. The van der Waals surface area contributed by atoms with Crippen LogP contribution in [0.2, 0.25) is 0 Å². The maximum atomic E-state index is 11.3. The summed E-state index contributed by atoms with van der Waals surface area (Å²) >= 11 is 0. The Kier molecular flexibility index (Phi) is 9.37. The zero-order valence-electron chi connectivity index (χ0n) is 10.8. The van der Waals surface area contributed by atoms with Gasteiger partial charge in [-0.1, -0.05) is 6.92 Å². The predicted octanol–water partition coefficient (Wildman–Crippen LogP) is -0.743. The zero-order valence-corrected chi connectivity index (χ0v) is 10.8. The Balaban J connectivity index is 3.55. The first-order valence-electron chi connectivity index (χ1n) is 6.02. The first-order valence-corrected chi connectivity index (χ1v) is 6.02. The van der Waals surface area contributed by atoms with Gasteiger partial charge in [0, 0.05) is 32.5 Å². The highest BCUT2D eigenvalue weighted by Crippen LogP contribution is 1.91. The molecule has 4 N–H and O–H groups in total. The molecule has 0 aromatic heterocycles. The van der Waals surface area contributed by atoms with Crippen molar-refractivity contribution in [3.8, 4) is 0 Å². The minimum atomic E-state index is -0.0604. The number of hydrogen-bond acceptors (Lipinski definition) is 4. The first-order chi connectivity index (χ1) is 8.10. The van der Waals surface area contributed by atoms with Crippen LogP contribution in [0.3, 0.4) is 0 Å². The van der Waals surface area contributed by atoms with Crippen molar-refractivity contribution in [1.29, 1.82) is 0 Å². The molecule has 2 amide bonds. The maximum Gasteiger partial charge on any atom is 0.222 e. The normalized spacial score (nSPS) is 10.4. The Bertz CT molecular complexity index is 234. The van der Waals surface area contributed by atoms with Crippen molar-refractivity contribution in [1.82, 2.24) is 15.5 Å². The number of amides is 2. The summed E-state index contributed by atoms with van der Waals surface area (Å²) in [5.74, 6) is -0.0000979. The number of nitrogens with one attached hydrogen (secondary N) is 2. The monoisotopic (exact) mass is 244 g/mol. The standard InChI is InChI=1S/C11H24N4O2/c1-3-6-13-10(16)4-7-15(2)8-5-11(17)14-9-12/h3-9,12H2,1-2H3,(H,13,16)(H,14,17). The highest BCUT2D eigenvalue weighted by Gasteiger charge is 2.06. The zero-order chi connectivity index (χ0) is 13.1. The largest absolute Gasteiger partial charge is 0.356 e. The maximum absolute atomic E-state index is 11.3. The lowest BCUT2D eigenvalue weighted by Gasteiger charge is -2.15. The smallest absolute Gasteiger partial charge is 0.222 e. The van der Waals surface area contributed by atoms with Crippen molar-refractivity contribution in [2.45, 2.75) is 26.2 Å². The highest BCUT2D eigenvalue weighted by atomic mass is 16.2. The number of carbonyl (C=O) groups is 2. The van der Waals surface area contributed by atoms with E-state index in [0.29, 0.717) is 25.9 Å². The predicted molar refractivity (Wildman–Crippen MR) is 67.2 cm³/mol. The van der Waals surface area contributed by atoms with Gasteiger partial charge in [0.25, 0.3) is 0 Å². The van der Waals surface area contributed by atoms with Crippen LogP contribution in [0.25, 0.3) is 0 Å². The Labute approximate surface area is 103 Å². The van der Waals surface area contributed by atoms with Gasteiger partial charge in [0.15, 0.2) is 0 Å². The van der Waals surface area contributed by atoms with Crippen molar-refractivity contribution < 1.29 is 9.59 Å². The first kappa shape index (κ1) is 15.9. The van der Waals surface area contributed by atoms with Gasteiger partial charge in [0.1, 0.15) is 0 Å². The second-order valence-electron chi connectivity index (χ2n) is 3.96. The van der Waals surface area contributed by atoms with Gasteiger partial charge in [0.2, 0.25) is 11.8 Å². The fraction of sp³-hybridized carbons (Fsp3) is 0.818. The molecule has 0 fully saturated rings. The molecule has 0 aromatic carbocycles. The lowest BCUT2D eigenvalue weighted by molar-refractivity contribution is -0.121. The van der Waals surface area contributed by atoms with E-state index in [9.17, 15) is 9.59 Å². The average molecular weight is 244 g/mol. The minimum Gasteiger partial charge on any atom is -0.356 e. The third kappa shape index (κ3) is 9.77. The molecule has 6 heteroatoms. The highest BCUT2D eigenvalue weighted by molar-refractivity contribution is 5.76. The summed E-state index contributed by atoms with van der Waals surface area (Å²) in [6.45, 7) is 4.20. The van der Waals surface area contributed by atoms with E-state index in [4.69, 9.17) is 5.73 Å². The lowest BCUT2D eigenvalue weighted by atomic mass is 10.3. The summed E-state index contributed by atoms with van der Waals surface area (Å²) in [5, 5.41) is 5.34. The topological polar surface area (TPSA) is 87.5 Å². The summed E-state index contributed by atoms with van der Waals surface area (Å²) in [4.78, 5) is 24.4. The molecule has 100 valence electrons. The molecule has 0 bridgehead atoms. The molecule has 0 radical (unpaired) electrons. The van der Waals surface area contributed by atoms with Crippen molar-refractivity contribution >= 4 is 11.8 Å². The molecule has 0 saturated carbocycles. The molecule has 0 atom stereocenters. The van der Waals surface area contributed by atoms with Crippen LogP contribution in [0.4, 0.5) is 0 Å². The fourth-order valence-corrected chi connectivity index (χ4v) is 1.25. The van der Waals surface area contributed by atoms with E-state index in [1.54, 1.807) is 0 Å². The van der Waals surface area contributed by atoms with E-state index >= 15 is 0 Å². The van der Waals surface area contributed by atoms with E-state index in [0.717, 1.165) is 13.0 Å². The molecule has 0 saturated heterocycles. The number of carbonyl (C=O) groups excluding carboxylic acids is 2. The molecule has 0 rings (SSSR count). The van der Waals surface area contributed by atoms with Crippen LogP contribution < -0.4 is 16.4 Å². The summed E-state index contributed by atoms with van der Waals surface area (Å²) in [5.41, 5.74) is 5.18. The van der Waals surface area contributed by atoms with Crippen molar-refractivity contribution in [2.24, 2.45) is 5.73 Å². The van der Waals surface area contributed by atoms with Gasteiger partial charge in [-0.2, -0.15) is 0 Å². The molecule has 0 aliphatic carbocycles. The molecular formula is C11H24N4O2. The molecule has 0 spiro atoms. The molecular weight excluding hydrogens is 220 g/mol. The van der Waals surface area contributed by atoms with E-state index < -0.39 is 0 Å². The van der Waals surface area contributed by atoms with E-state index in [1.807, 2.05) is 18.9 Å². The quantitative estimate of drug-likeness (QED) is 0.466. The van der Waals surface area contributed by atoms with E-state index in [-0.39, 0.29) is 18.5 Å². The van der Waals surface area contributed by atoms with Gasteiger partial charge >= 0.3 is 0 Å². The number of hydrogen-bond donors (Lipinski definition) is 3. The van der Waals surface area contributed by atoms with Crippen LogP contribution in [0.5, 0.6) is 0 Å². The van der Waals surface area contributed by atoms with Gasteiger partial charge < -0.3 is 21.3 Å². The fourth-order valence-electron chi connectivity index (χ4n) is 1.25. The third-order valence-corrected chi connectivity index (χ3v) is 2.31. The van der Waals surface area contributed by atoms with Crippen LogP contribution in [-0.2, 0) is 9.59 Å².